The maximum Gasteiger partial charge on any atom is 0.264 e. The summed E-state index contributed by atoms with van der Waals surface area (Å²) in [7, 11) is -2.89. The van der Waals surface area contributed by atoms with Crippen LogP contribution in [-0.4, -0.2) is 50.9 Å². The molecule has 1 N–H and O–H groups in total. The summed E-state index contributed by atoms with van der Waals surface area (Å²) < 4.78 is 35.2. The first kappa shape index (κ1) is 34.5. The number of hydrogen-bond acceptors (Lipinski definition) is 5. The first-order valence-corrected chi connectivity index (χ1v) is 16.8. The lowest BCUT2D eigenvalue weighted by atomic mass is 10.0. The number of halogens is 1. The molecule has 0 saturated heterocycles. The van der Waals surface area contributed by atoms with Crippen molar-refractivity contribution in [3.8, 4) is 5.75 Å². The van der Waals surface area contributed by atoms with Crippen LogP contribution in [0.5, 0.6) is 5.75 Å². The number of methoxy groups -OCH3 is 1. The van der Waals surface area contributed by atoms with E-state index in [2.05, 4.69) is 5.32 Å². The molecule has 2 amide bonds. The van der Waals surface area contributed by atoms with Crippen molar-refractivity contribution in [1.82, 2.24) is 10.2 Å². The predicted molar refractivity (Wildman–Crippen MR) is 183 cm³/mol. The maximum atomic E-state index is 14.6. The van der Waals surface area contributed by atoms with E-state index < -0.39 is 28.5 Å². The van der Waals surface area contributed by atoms with Gasteiger partial charge in [-0.15, -0.1) is 0 Å². The van der Waals surface area contributed by atoms with Gasteiger partial charge in [0.05, 0.1) is 17.7 Å². The van der Waals surface area contributed by atoms with Gasteiger partial charge in [-0.05, 0) is 74.7 Å². The van der Waals surface area contributed by atoms with E-state index in [4.69, 9.17) is 16.3 Å². The standard InChI is InChI=1S/C36H40ClN3O5S/c1-25(2)38-36(42)33(21-28-12-7-6-8-13-28)39(23-29-14-10-9-11-27(29)4)35(41)24-40(32-22-30(37)17-20-34(32)45-5)46(43,44)31-18-15-26(3)16-19-31/h6-20,22,25,33H,21,23-24H2,1-5H3,(H,38,42)/t33-/m1/s1. The maximum absolute atomic E-state index is 14.6. The molecule has 0 unspecified atom stereocenters. The molecule has 4 aromatic rings. The molecule has 0 fully saturated rings. The van der Waals surface area contributed by atoms with Gasteiger partial charge in [0.2, 0.25) is 11.8 Å². The van der Waals surface area contributed by atoms with Crippen LogP contribution in [0.4, 0.5) is 5.69 Å². The summed E-state index contributed by atoms with van der Waals surface area (Å²) in [5.41, 5.74) is 3.61. The number of anilines is 1. The topological polar surface area (TPSA) is 96.0 Å². The second-order valence-electron chi connectivity index (χ2n) is 11.5. The highest BCUT2D eigenvalue weighted by atomic mass is 35.5. The molecule has 4 rings (SSSR count). The fraction of sp³-hybridized carbons (Fsp3) is 0.278. The van der Waals surface area contributed by atoms with Gasteiger partial charge in [-0.25, -0.2) is 8.42 Å². The van der Waals surface area contributed by atoms with Crippen molar-refractivity contribution >= 4 is 39.1 Å². The normalized spacial score (nSPS) is 12.0. The zero-order chi connectivity index (χ0) is 33.4. The Balaban J connectivity index is 1.86. The van der Waals surface area contributed by atoms with Crippen molar-refractivity contribution in [2.75, 3.05) is 18.0 Å². The van der Waals surface area contributed by atoms with Gasteiger partial charge in [-0.3, -0.25) is 13.9 Å². The molecular formula is C36H40ClN3O5S. The molecule has 242 valence electrons. The average molecular weight is 662 g/mol. The molecule has 0 aliphatic rings. The largest absolute Gasteiger partial charge is 0.495 e. The molecule has 10 heteroatoms. The fourth-order valence-electron chi connectivity index (χ4n) is 5.11. The zero-order valence-corrected chi connectivity index (χ0v) is 28.3. The Bertz CT molecular complexity index is 1760. The Morgan fingerprint density at radius 1 is 0.891 bits per heavy atom. The van der Waals surface area contributed by atoms with E-state index in [1.54, 1.807) is 24.3 Å². The van der Waals surface area contributed by atoms with E-state index >= 15 is 0 Å². The molecular weight excluding hydrogens is 622 g/mol. The predicted octanol–water partition coefficient (Wildman–Crippen LogP) is 6.33. The Kier molecular flexibility index (Phi) is 11.5. The summed E-state index contributed by atoms with van der Waals surface area (Å²) >= 11 is 6.36. The molecule has 46 heavy (non-hydrogen) atoms. The van der Waals surface area contributed by atoms with Crippen molar-refractivity contribution in [2.45, 2.75) is 57.6 Å². The van der Waals surface area contributed by atoms with Gasteiger partial charge in [-0.1, -0.05) is 83.9 Å². The number of carbonyl (C=O) groups is 2. The second-order valence-corrected chi connectivity index (χ2v) is 13.8. The molecule has 0 spiro atoms. The van der Waals surface area contributed by atoms with E-state index in [-0.39, 0.29) is 46.3 Å². The Morgan fingerprint density at radius 2 is 1.54 bits per heavy atom. The Hall–Kier alpha value is -4.34. The number of ether oxygens (including phenoxy) is 1. The number of hydrogen-bond donors (Lipinski definition) is 1. The molecule has 0 aliphatic heterocycles. The summed E-state index contributed by atoms with van der Waals surface area (Å²) in [6, 6.07) is 26.9. The smallest absolute Gasteiger partial charge is 0.264 e. The van der Waals surface area contributed by atoms with Gasteiger partial charge in [0.15, 0.2) is 0 Å². The highest BCUT2D eigenvalue weighted by Crippen LogP contribution is 2.35. The fourth-order valence-corrected chi connectivity index (χ4v) is 6.70. The van der Waals surface area contributed by atoms with Gasteiger partial charge >= 0.3 is 0 Å². The molecule has 0 heterocycles. The molecule has 0 radical (unpaired) electrons. The monoisotopic (exact) mass is 661 g/mol. The number of sulfonamides is 1. The second kappa shape index (κ2) is 15.3. The van der Waals surface area contributed by atoms with Crippen molar-refractivity contribution in [3.05, 3.63) is 124 Å². The molecule has 0 aromatic heterocycles. The van der Waals surface area contributed by atoms with Gasteiger partial charge in [0.1, 0.15) is 18.3 Å². The first-order valence-electron chi connectivity index (χ1n) is 15.0. The number of aryl methyl sites for hydroxylation is 2. The van der Waals surface area contributed by atoms with Gasteiger partial charge in [-0.2, -0.15) is 0 Å². The van der Waals surface area contributed by atoms with Gasteiger partial charge in [0.25, 0.3) is 10.0 Å². The number of carbonyl (C=O) groups excluding carboxylic acids is 2. The summed E-state index contributed by atoms with van der Waals surface area (Å²) in [6.07, 6.45) is 0.224. The lowest BCUT2D eigenvalue weighted by Crippen LogP contribution is -2.54. The average Bonchev–Trinajstić information content (AvgIpc) is 3.02. The summed E-state index contributed by atoms with van der Waals surface area (Å²) in [4.78, 5) is 30.0. The van der Waals surface area contributed by atoms with E-state index in [1.807, 2.05) is 82.3 Å². The van der Waals surface area contributed by atoms with Crippen molar-refractivity contribution in [1.29, 1.82) is 0 Å². The minimum absolute atomic E-state index is 0.00299. The Morgan fingerprint density at radius 3 is 2.17 bits per heavy atom. The van der Waals surface area contributed by atoms with Crippen LogP contribution in [-0.2, 0) is 32.6 Å². The number of rotatable bonds is 13. The van der Waals surface area contributed by atoms with Crippen molar-refractivity contribution < 1.29 is 22.7 Å². The molecule has 0 saturated carbocycles. The van der Waals surface area contributed by atoms with Crippen LogP contribution >= 0.6 is 11.6 Å². The molecule has 0 bridgehead atoms. The Labute approximate surface area is 277 Å². The van der Waals surface area contributed by atoms with Gasteiger partial charge < -0.3 is 15.0 Å². The van der Waals surface area contributed by atoms with Crippen LogP contribution in [0, 0.1) is 13.8 Å². The molecule has 0 aliphatic carbocycles. The number of benzene rings is 4. The third-order valence-electron chi connectivity index (χ3n) is 7.60. The number of amides is 2. The third-order valence-corrected chi connectivity index (χ3v) is 9.61. The van der Waals surface area contributed by atoms with Crippen LogP contribution in [0.3, 0.4) is 0 Å². The summed E-state index contributed by atoms with van der Waals surface area (Å²) in [5.74, 6) is -0.688. The SMILES string of the molecule is COc1ccc(Cl)cc1N(CC(=O)N(Cc1ccccc1C)[C@H](Cc1ccccc1)C(=O)NC(C)C)S(=O)(=O)c1ccc(C)cc1. The van der Waals surface area contributed by atoms with Crippen LogP contribution in [0.25, 0.3) is 0 Å². The lowest BCUT2D eigenvalue weighted by Gasteiger charge is -2.34. The van der Waals surface area contributed by atoms with E-state index in [9.17, 15) is 18.0 Å². The van der Waals surface area contributed by atoms with E-state index in [0.717, 1.165) is 26.6 Å². The van der Waals surface area contributed by atoms with E-state index in [0.29, 0.717) is 0 Å². The summed E-state index contributed by atoms with van der Waals surface area (Å²) in [6.45, 7) is 6.97. The minimum atomic E-state index is -4.31. The first-order chi connectivity index (χ1) is 21.9. The minimum Gasteiger partial charge on any atom is -0.495 e. The van der Waals surface area contributed by atoms with Crippen LogP contribution in [0.2, 0.25) is 5.02 Å². The quantitative estimate of drug-likeness (QED) is 0.181. The molecule has 8 nitrogen and oxygen atoms in total. The van der Waals surface area contributed by atoms with Crippen LogP contribution in [0.15, 0.2) is 102 Å². The number of nitrogens with zero attached hydrogens (tertiary/aromatic N) is 2. The summed E-state index contributed by atoms with van der Waals surface area (Å²) in [5, 5.41) is 3.23. The van der Waals surface area contributed by atoms with Crippen molar-refractivity contribution in [3.63, 3.8) is 0 Å². The number of nitrogens with one attached hydrogen (secondary N) is 1. The lowest BCUT2D eigenvalue weighted by molar-refractivity contribution is -0.140. The molecule has 4 aromatic carbocycles. The highest BCUT2D eigenvalue weighted by molar-refractivity contribution is 7.92. The molecule has 1 atom stereocenters. The van der Waals surface area contributed by atoms with Crippen LogP contribution < -0.4 is 14.4 Å². The van der Waals surface area contributed by atoms with Gasteiger partial charge in [0, 0.05) is 24.0 Å². The third kappa shape index (κ3) is 8.47. The zero-order valence-electron chi connectivity index (χ0n) is 26.7. The van der Waals surface area contributed by atoms with Crippen molar-refractivity contribution in [2.24, 2.45) is 0 Å². The van der Waals surface area contributed by atoms with E-state index in [1.165, 1.54) is 30.2 Å². The highest BCUT2D eigenvalue weighted by Gasteiger charge is 2.36. The van der Waals surface area contributed by atoms with Crippen LogP contribution in [0.1, 0.15) is 36.1 Å².